The molecule has 2 atom stereocenters. The van der Waals surface area contributed by atoms with Gasteiger partial charge in [-0.15, -0.1) is 0 Å². The highest BCUT2D eigenvalue weighted by molar-refractivity contribution is 5.76. The van der Waals surface area contributed by atoms with Crippen LogP contribution in [-0.4, -0.2) is 43.7 Å². The maximum absolute atomic E-state index is 12.0. The Labute approximate surface area is 135 Å². The summed E-state index contributed by atoms with van der Waals surface area (Å²) in [5.74, 6) is -0.604. The van der Waals surface area contributed by atoms with Gasteiger partial charge in [0, 0.05) is 12.6 Å². The van der Waals surface area contributed by atoms with Crippen LogP contribution in [0.25, 0.3) is 0 Å². The molecular formula is C17H22N2O4. The maximum Gasteiger partial charge on any atom is 0.323 e. The van der Waals surface area contributed by atoms with Crippen LogP contribution in [0.2, 0.25) is 0 Å². The topological polar surface area (TPSA) is 76.7 Å². The van der Waals surface area contributed by atoms with E-state index in [1.165, 1.54) is 6.08 Å². The van der Waals surface area contributed by atoms with E-state index in [0.29, 0.717) is 13.0 Å². The fraction of sp³-hybridized carbons (Fsp3) is 0.412. The second-order valence-electron chi connectivity index (χ2n) is 5.34. The second kappa shape index (κ2) is 9.07. The zero-order chi connectivity index (χ0) is 16.5. The van der Waals surface area contributed by atoms with Gasteiger partial charge in [-0.3, -0.25) is 9.59 Å². The largest absolute Gasteiger partial charge is 0.461 e. The van der Waals surface area contributed by atoms with Crippen molar-refractivity contribution in [1.29, 1.82) is 0 Å². The van der Waals surface area contributed by atoms with Crippen molar-refractivity contribution >= 4 is 11.9 Å². The molecule has 0 amide bonds. The van der Waals surface area contributed by atoms with Crippen LogP contribution < -0.4 is 10.6 Å². The van der Waals surface area contributed by atoms with E-state index in [1.807, 2.05) is 30.3 Å². The Morgan fingerprint density at radius 2 is 2.09 bits per heavy atom. The van der Waals surface area contributed by atoms with Crippen LogP contribution >= 0.6 is 0 Å². The normalized spacial score (nSPS) is 20.0. The minimum absolute atomic E-state index is 0.0422. The van der Waals surface area contributed by atoms with Gasteiger partial charge in [-0.25, -0.2) is 0 Å². The van der Waals surface area contributed by atoms with Crippen LogP contribution in [0.5, 0.6) is 0 Å². The molecule has 1 aromatic carbocycles. The molecule has 0 radical (unpaired) electrons. The van der Waals surface area contributed by atoms with Gasteiger partial charge >= 0.3 is 11.9 Å². The van der Waals surface area contributed by atoms with Crippen LogP contribution in [0.15, 0.2) is 43.0 Å². The molecule has 1 heterocycles. The van der Waals surface area contributed by atoms with Crippen molar-refractivity contribution in [1.82, 2.24) is 10.6 Å². The third-order valence-corrected chi connectivity index (χ3v) is 3.54. The summed E-state index contributed by atoms with van der Waals surface area (Å²) < 4.78 is 10.2. The predicted molar refractivity (Wildman–Crippen MR) is 85.6 cm³/mol. The molecule has 1 aliphatic heterocycles. The minimum atomic E-state index is -0.347. The molecule has 6 heteroatoms. The van der Waals surface area contributed by atoms with Crippen LogP contribution in [0.3, 0.4) is 0 Å². The molecule has 1 saturated heterocycles. The SMILES string of the molecule is C=CCOC(=O)CN[C@@H]1CN[C@@H](C(=O)OCc2ccccc2)C1. The molecule has 0 spiro atoms. The molecule has 1 aromatic rings. The van der Waals surface area contributed by atoms with Crippen LogP contribution in [-0.2, 0) is 25.7 Å². The first-order valence-electron chi connectivity index (χ1n) is 7.63. The van der Waals surface area contributed by atoms with Gasteiger partial charge < -0.3 is 20.1 Å². The number of carbonyl (C=O) groups excluding carboxylic acids is 2. The highest BCUT2D eigenvalue weighted by atomic mass is 16.5. The first kappa shape index (κ1) is 17.2. The molecule has 0 aliphatic carbocycles. The fourth-order valence-corrected chi connectivity index (χ4v) is 2.33. The van der Waals surface area contributed by atoms with Crippen LogP contribution in [0, 0.1) is 0 Å². The van der Waals surface area contributed by atoms with Gasteiger partial charge in [-0.1, -0.05) is 43.0 Å². The Morgan fingerprint density at radius 1 is 1.30 bits per heavy atom. The quantitative estimate of drug-likeness (QED) is 0.545. The number of ether oxygens (including phenoxy) is 2. The first-order chi connectivity index (χ1) is 11.2. The smallest absolute Gasteiger partial charge is 0.323 e. The Balaban J connectivity index is 1.67. The van der Waals surface area contributed by atoms with Gasteiger partial charge in [0.05, 0.1) is 6.54 Å². The summed E-state index contributed by atoms with van der Waals surface area (Å²) in [6.07, 6.45) is 2.11. The molecule has 6 nitrogen and oxygen atoms in total. The Morgan fingerprint density at radius 3 is 2.83 bits per heavy atom. The monoisotopic (exact) mass is 318 g/mol. The third-order valence-electron chi connectivity index (χ3n) is 3.54. The number of benzene rings is 1. The molecule has 0 bridgehead atoms. The zero-order valence-corrected chi connectivity index (χ0v) is 13.0. The fourth-order valence-electron chi connectivity index (χ4n) is 2.33. The summed E-state index contributed by atoms with van der Waals surface area (Å²) >= 11 is 0. The Kier molecular flexibility index (Phi) is 6.77. The Bertz CT molecular complexity index is 533. The minimum Gasteiger partial charge on any atom is -0.461 e. The average Bonchev–Trinajstić information content (AvgIpc) is 3.06. The van der Waals surface area contributed by atoms with Crippen molar-refractivity contribution < 1.29 is 19.1 Å². The molecule has 124 valence electrons. The highest BCUT2D eigenvalue weighted by Gasteiger charge is 2.30. The van der Waals surface area contributed by atoms with Gasteiger partial charge in [-0.05, 0) is 12.0 Å². The van der Waals surface area contributed by atoms with Crippen molar-refractivity contribution in [2.45, 2.75) is 25.1 Å². The summed E-state index contributed by atoms with van der Waals surface area (Å²) in [4.78, 5) is 23.4. The van der Waals surface area contributed by atoms with Gasteiger partial charge in [0.15, 0.2) is 0 Å². The first-order valence-corrected chi connectivity index (χ1v) is 7.63. The molecule has 0 aromatic heterocycles. The van der Waals surface area contributed by atoms with Gasteiger partial charge in [0.2, 0.25) is 0 Å². The molecule has 2 N–H and O–H groups in total. The summed E-state index contributed by atoms with van der Waals surface area (Å²) in [6.45, 7) is 4.68. The second-order valence-corrected chi connectivity index (χ2v) is 5.34. The van der Waals surface area contributed by atoms with E-state index in [0.717, 1.165) is 5.56 Å². The number of hydrogen-bond donors (Lipinski definition) is 2. The van der Waals surface area contributed by atoms with Gasteiger partial charge in [-0.2, -0.15) is 0 Å². The van der Waals surface area contributed by atoms with Crippen molar-refractivity contribution in [3.05, 3.63) is 48.6 Å². The van der Waals surface area contributed by atoms with Crippen molar-refractivity contribution in [2.24, 2.45) is 0 Å². The molecule has 1 aliphatic rings. The van der Waals surface area contributed by atoms with Gasteiger partial charge in [0.25, 0.3) is 0 Å². The van der Waals surface area contributed by atoms with Crippen molar-refractivity contribution in [3.63, 3.8) is 0 Å². The van der Waals surface area contributed by atoms with E-state index in [-0.39, 0.29) is 43.8 Å². The zero-order valence-electron chi connectivity index (χ0n) is 13.0. The van der Waals surface area contributed by atoms with E-state index in [2.05, 4.69) is 17.2 Å². The van der Waals surface area contributed by atoms with E-state index >= 15 is 0 Å². The highest BCUT2D eigenvalue weighted by Crippen LogP contribution is 2.10. The van der Waals surface area contributed by atoms with E-state index in [9.17, 15) is 9.59 Å². The molecule has 0 unspecified atom stereocenters. The maximum atomic E-state index is 12.0. The lowest BCUT2D eigenvalue weighted by molar-refractivity contribution is -0.147. The van der Waals surface area contributed by atoms with Gasteiger partial charge in [0.1, 0.15) is 19.3 Å². The number of carbonyl (C=O) groups is 2. The van der Waals surface area contributed by atoms with Crippen molar-refractivity contribution in [2.75, 3.05) is 19.7 Å². The summed E-state index contributed by atoms with van der Waals surface area (Å²) in [5.41, 5.74) is 0.957. The van der Waals surface area contributed by atoms with Crippen LogP contribution in [0.4, 0.5) is 0 Å². The lowest BCUT2D eigenvalue weighted by Crippen LogP contribution is -2.35. The lowest BCUT2D eigenvalue weighted by atomic mass is 10.1. The summed E-state index contributed by atoms with van der Waals surface area (Å²) in [6, 6.07) is 9.25. The van der Waals surface area contributed by atoms with Crippen molar-refractivity contribution in [3.8, 4) is 0 Å². The number of nitrogens with one attached hydrogen (secondary N) is 2. The lowest BCUT2D eigenvalue weighted by Gasteiger charge is -2.12. The van der Waals surface area contributed by atoms with Crippen LogP contribution in [0.1, 0.15) is 12.0 Å². The number of hydrogen-bond acceptors (Lipinski definition) is 6. The summed E-state index contributed by atoms with van der Waals surface area (Å²) in [5, 5.41) is 6.17. The number of rotatable bonds is 8. The molecule has 1 fully saturated rings. The van der Waals surface area contributed by atoms with E-state index < -0.39 is 0 Å². The van der Waals surface area contributed by atoms with E-state index in [1.54, 1.807) is 0 Å². The number of esters is 2. The average molecular weight is 318 g/mol. The predicted octanol–water partition coefficient (Wildman–Crippen LogP) is 0.779. The molecule has 0 saturated carbocycles. The molecule has 23 heavy (non-hydrogen) atoms. The summed E-state index contributed by atoms with van der Waals surface area (Å²) in [7, 11) is 0. The van der Waals surface area contributed by atoms with E-state index in [4.69, 9.17) is 9.47 Å². The third kappa shape index (κ3) is 5.84. The molecule has 2 rings (SSSR count). The molecular weight excluding hydrogens is 296 g/mol. The standard InChI is InChI=1S/C17H22N2O4/c1-2-8-22-16(20)11-18-14-9-15(19-10-14)17(21)23-12-13-6-4-3-5-7-13/h2-7,14-15,18-19H,1,8-12H2/t14-,15+/m0/s1. The Hall–Kier alpha value is -2.18.